The molecule has 22 heavy (non-hydrogen) atoms. The molecule has 1 saturated heterocycles. The van der Waals surface area contributed by atoms with Crippen LogP contribution in [0.5, 0.6) is 0 Å². The maximum Gasteiger partial charge on any atom is 0.306 e. The van der Waals surface area contributed by atoms with Crippen LogP contribution in [0.2, 0.25) is 0 Å². The molecular weight excluding hydrogens is 350 g/mol. The van der Waals surface area contributed by atoms with Crippen LogP contribution in [-0.2, 0) is 4.79 Å². The SMILES string of the molecule is CC1CN(C(=O)c2cc3cc(Br)ccc3o2)CCC1C(=O)O. The van der Waals surface area contributed by atoms with E-state index in [1.54, 1.807) is 11.0 Å². The van der Waals surface area contributed by atoms with Gasteiger partial charge in [-0.15, -0.1) is 0 Å². The van der Waals surface area contributed by atoms with Gasteiger partial charge in [0, 0.05) is 22.9 Å². The average Bonchev–Trinajstić information content (AvgIpc) is 2.88. The topological polar surface area (TPSA) is 70.8 Å². The van der Waals surface area contributed by atoms with Crippen LogP contribution in [0.15, 0.2) is 33.2 Å². The van der Waals surface area contributed by atoms with Gasteiger partial charge in [0.1, 0.15) is 5.58 Å². The maximum absolute atomic E-state index is 12.5. The van der Waals surface area contributed by atoms with Crippen molar-refractivity contribution in [3.8, 4) is 0 Å². The zero-order chi connectivity index (χ0) is 15.9. The van der Waals surface area contributed by atoms with Crippen molar-refractivity contribution >= 4 is 38.8 Å². The Bertz CT molecular complexity index is 739. The average molecular weight is 366 g/mol. The molecule has 1 aromatic carbocycles. The number of halogens is 1. The molecule has 1 aliphatic rings. The molecule has 0 aliphatic carbocycles. The number of piperidine rings is 1. The molecule has 6 heteroatoms. The van der Waals surface area contributed by atoms with Crippen molar-refractivity contribution in [2.24, 2.45) is 11.8 Å². The van der Waals surface area contributed by atoms with E-state index in [2.05, 4.69) is 15.9 Å². The third kappa shape index (κ3) is 2.75. The first-order valence-electron chi connectivity index (χ1n) is 7.17. The van der Waals surface area contributed by atoms with Crippen molar-refractivity contribution < 1.29 is 19.1 Å². The number of furan rings is 1. The summed E-state index contributed by atoms with van der Waals surface area (Å²) in [6.07, 6.45) is 0.480. The minimum absolute atomic E-state index is 0.0614. The molecule has 1 fully saturated rings. The van der Waals surface area contributed by atoms with Gasteiger partial charge in [-0.05, 0) is 36.6 Å². The van der Waals surface area contributed by atoms with Crippen LogP contribution in [0.1, 0.15) is 23.9 Å². The number of amides is 1. The number of carboxylic acid groups (broad SMARTS) is 1. The Morgan fingerprint density at radius 1 is 1.36 bits per heavy atom. The zero-order valence-corrected chi connectivity index (χ0v) is 13.7. The molecule has 2 atom stereocenters. The molecule has 2 aromatic rings. The van der Waals surface area contributed by atoms with Gasteiger partial charge in [-0.1, -0.05) is 22.9 Å². The quantitative estimate of drug-likeness (QED) is 0.885. The predicted molar refractivity (Wildman–Crippen MR) is 84.7 cm³/mol. The number of benzene rings is 1. The lowest BCUT2D eigenvalue weighted by Crippen LogP contribution is -2.44. The van der Waals surface area contributed by atoms with E-state index in [9.17, 15) is 9.59 Å². The highest BCUT2D eigenvalue weighted by Crippen LogP contribution is 2.27. The summed E-state index contributed by atoms with van der Waals surface area (Å²) in [4.78, 5) is 25.4. The Morgan fingerprint density at radius 2 is 2.14 bits per heavy atom. The summed E-state index contributed by atoms with van der Waals surface area (Å²) < 4.78 is 6.55. The molecule has 0 spiro atoms. The van der Waals surface area contributed by atoms with E-state index in [0.717, 1.165) is 9.86 Å². The number of nitrogens with zero attached hydrogens (tertiary/aromatic N) is 1. The van der Waals surface area contributed by atoms with Crippen molar-refractivity contribution in [1.82, 2.24) is 4.90 Å². The summed E-state index contributed by atoms with van der Waals surface area (Å²) >= 11 is 3.39. The van der Waals surface area contributed by atoms with Crippen LogP contribution in [-0.4, -0.2) is 35.0 Å². The smallest absolute Gasteiger partial charge is 0.306 e. The second kappa shape index (κ2) is 5.76. The van der Waals surface area contributed by atoms with Crippen molar-refractivity contribution in [2.75, 3.05) is 13.1 Å². The van der Waals surface area contributed by atoms with Crippen molar-refractivity contribution in [1.29, 1.82) is 0 Å². The Morgan fingerprint density at radius 3 is 2.82 bits per heavy atom. The highest BCUT2D eigenvalue weighted by Gasteiger charge is 2.34. The lowest BCUT2D eigenvalue weighted by atomic mass is 9.87. The van der Waals surface area contributed by atoms with Gasteiger partial charge in [0.2, 0.25) is 0 Å². The standard InChI is InChI=1S/C16H16BrNO4/c1-9-8-18(5-4-12(9)16(20)21)15(19)14-7-10-6-11(17)2-3-13(10)22-14/h2-3,6-7,9,12H,4-5,8H2,1H3,(H,20,21). The predicted octanol–water partition coefficient (Wildman–Crippen LogP) is 3.38. The Hall–Kier alpha value is -1.82. The van der Waals surface area contributed by atoms with E-state index in [4.69, 9.17) is 9.52 Å². The summed E-state index contributed by atoms with van der Waals surface area (Å²) in [7, 11) is 0. The summed E-state index contributed by atoms with van der Waals surface area (Å²) in [5, 5.41) is 10.0. The Balaban J connectivity index is 1.80. The van der Waals surface area contributed by atoms with Gasteiger partial charge < -0.3 is 14.4 Å². The van der Waals surface area contributed by atoms with E-state index in [1.165, 1.54) is 0 Å². The minimum Gasteiger partial charge on any atom is -0.481 e. The van der Waals surface area contributed by atoms with E-state index in [0.29, 0.717) is 30.9 Å². The van der Waals surface area contributed by atoms with Crippen LogP contribution in [0, 0.1) is 11.8 Å². The fraction of sp³-hybridized carbons (Fsp3) is 0.375. The number of carbonyl (C=O) groups is 2. The highest BCUT2D eigenvalue weighted by molar-refractivity contribution is 9.10. The summed E-state index contributed by atoms with van der Waals surface area (Å²) in [6.45, 7) is 2.76. The number of carboxylic acids is 1. The van der Waals surface area contributed by atoms with Crippen molar-refractivity contribution in [3.63, 3.8) is 0 Å². The van der Waals surface area contributed by atoms with Crippen molar-refractivity contribution in [3.05, 3.63) is 34.5 Å². The molecule has 0 bridgehead atoms. The monoisotopic (exact) mass is 365 g/mol. The molecule has 2 heterocycles. The molecule has 1 N–H and O–H groups in total. The van der Waals surface area contributed by atoms with Gasteiger partial charge in [-0.2, -0.15) is 0 Å². The summed E-state index contributed by atoms with van der Waals surface area (Å²) in [6, 6.07) is 7.31. The van der Waals surface area contributed by atoms with Crippen LogP contribution in [0.4, 0.5) is 0 Å². The number of rotatable bonds is 2. The number of fused-ring (bicyclic) bond motifs is 1. The molecule has 1 aliphatic heterocycles. The normalized spacial score (nSPS) is 22.0. The fourth-order valence-corrected chi connectivity index (χ4v) is 3.35. The van der Waals surface area contributed by atoms with Crippen LogP contribution in [0.25, 0.3) is 11.0 Å². The Labute approximate surface area is 136 Å². The number of aliphatic carboxylic acids is 1. The maximum atomic E-state index is 12.5. The third-order valence-corrected chi connectivity index (χ3v) is 4.69. The van der Waals surface area contributed by atoms with E-state index in [1.807, 2.05) is 25.1 Å². The minimum atomic E-state index is -0.784. The van der Waals surface area contributed by atoms with E-state index in [-0.39, 0.29) is 17.7 Å². The molecule has 0 radical (unpaired) electrons. The number of hydrogen-bond donors (Lipinski definition) is 1. The van der Waals surface area contributed by atoms with Gasteiger partial charge in [0.25, 0.3) is 5.91 Å². The molecule has 1 aromatic heterocycles. The first kappa shape index (κ1) is 15.1. The molecule has 2 unspecified atom stereocenters. The third-order valence-electron chi connectivity index (χ3n) is 4.20. The molecule has 0 saturated carbocycles. The first-order chi connectivity index (χ1) is 10.5. The fourth-order valence-electron chi connectivity index (χ4n) is 2.97. The molecule has 5 nitrogen and oxygen atoms in total. The number of carbonyl (C=O) groups excluding carboxylic acids is 1. The lowest BCUT2D eigenvalue weighted by Gasteiger charge is -2.34. The van der Waals surface area contributed by atoms with Gasteiger partial charge >= 0.3 is 5.97 Å². The van der Waals surface area contributed by atoms with Crippen molar-refractivity contribution in [2.45, 2.75) is 13.3 Å². The lowest BCUT2D eigenvalue weighted by molar-refractivity contribution is -0.145. The second-order valence-electron chi connectivity index (χ2n) is 5.75. The van der Waals surface area contributed by atoms with Gasteiger partial charge in [-0.25, -0.2) is 0 Å². The van der Waals surface area contributed by atoms with Gasteiger partial charge in [0.05, 0.1) is 5.92 Å². The first-order valence-corrected chi connectivity index (χ1v) is 7.96. The van der Waals surface area contributed by atoms with E-state index >= 15 is 0 Å². The zero-order valence-electron chi connectivity index (χ0n) is 12.1. The Kier molecular flexibility index (Phi) is 3.95. The van der Waals surface area contributed by atoms with Gasteiger partial charge in [0.15, 0.2) is 5.76 Å². The second-order valence-corrected chi connectivity index (χ2v) is 6.67. The molecule has 116 valence electrons. The van der Waals surface area contributed by atoms with E-state index < -0.39 is 5.97 Å². The van der Waals surface area contributed by atoms with Crippen LogP contribution in [0.3, 0.4) is 0 Å². The van der Waals surface area contributed by atoms with Crippen LogP contribution >= 0.6 is 15.9 Å². The van der Waals surface area contributed by atoms with Crippen LogP contribution < -0.4 is 0 Å². The number of hydrogen-bond acceptors (Lipinski definition) is 3. The molecule has 3 rings (SSSR count). The summed E-state index contributed by atoms with van der Waals surface area (Å²) in [5.41, 5.74) is 0.667. The summed E-state index contributed by atoms with van der Waals surface area (Å²) in [5.74, 6) is -1.10. The highest BCUT2D eigenvalue weighted by atomic mass is 79.9. The molecular formula is C16H16BrNO4. The largest absolute Gasteiger partial charge is 0.481 e. The number of likely N-dealkylation sites (tertiary alicyclic amines) is 1. The molecule has 1 amide bonds. The van der Waals surface area contributed by atoms with Gasteiger partial charge in [-0.3, -0.25) is 9.59 Å².